The number of nitrogens with one attached hydrogen (secondary N) is 1. The van der Waals surface area contributed by atoms with Crippen LogP contribution in [-0.2, 0) is 0 Å². The van der Waals surface area contributed by atoms with Crippen LogP contribution in [0.1, 0.15) is 38.2 Å². The van der Waals surface area contributed by atoms with E-state index in [0.29, 0.717) is 16.8 Å². The van der Waals surface area contributed by atoms with Crippen LogP contribution in [0.4, 0.5) is 5.69 Å². The summed E-state index contributed by atoms with van der Waals surface area (Å²) in [4.78, 5) is 14.1. The van der Waals surface area contributed by atoms with Crippen LogP contribution >= 0.6 is 0 Å². The molecule has 0 aliphatic rings. The highest BCUT2D eigenvalue weighted by Crippen LogP contribution is 2.30. The van der Waals surface area contributed by atoms with Gasteiger partial charge < -0.3 is 15.8 Å². The maximum atomic E-state index is 11.4. The van der Waals surface area contributed by atoms with Gasteiger partial charge in [-0.1, -0.05) is 26.3 Å². The molecule has 0 aliphatic heterocycles. The van der Waals surface area contributed by atoms with Gasteiger partial charge in [0, 0.05) is 5.39 Å². The number of H-pyrrole nitrogens is 1. The molecule has 96 valence electrons. The van der Waals surface area contributed by atoms with Gasteiger partial charge in [0.15, 0.2) is 5.75 Å². The molecule has 4 nitrogen and oxygen atoms in total. The lowest BCUT2D eigenvalue weighted by Gasteiger charge is -2.12. The molecule has 1 aromatic carbocycles. The molecule has 0 saturated carbocycles. The van der Waals surface area contributed by atoms with Gasteiger partial charge >= 0.3 is 0 Å². The first kappa shape index (κ1) is 12.5. The fourth-order valence-corrected chi connectivity index (χ4v) is 2.22. The lowest BCUT2D eigenvalue weighted by atomic mass is 9.95. The number of rotatable bonds is 3. The fourth-order valence-electron chi connectivity index (χ4n) is 2.22. The molecule has 0 saturated heterocycles. The highest BCUT2D eigenvalue weighted by atomic mass is 16.3. The fraction of sp³-hybridized carbons (Fsp3) is 0.357. The number of anilines is 1. The third kappa shape index (κ3) is 2.06. The minimum atomic E-state index is -0.450. The van der Waals surface area contributed by atoms with Crippen molar-refractivity contribution in [3.8, 4) is 5.75 Å². The van der Waals surface area contributed by atoms with Gasteiger partial charge in [0.1, 0.15) is 5.69 Å². The Hall–Kier alpha value is -1.97. The Labute approximate surface area is 105 Å². The van der Waals surface area contributed by atoms with E-state index in [1.54, 1.807) is 0 Å². The van der Waals surface area contributed by atoms with Gasteiger partial charge in [0.25, 0.3) is 5.56 Å². The van der Waals surface area contributed by atoms with Crippen LogP contribution in [0.15, 0.2) is 23.0 Å². The maximum absolute atomic E-state index is 11.4. The van der Waals surface area contributed by atoms with Crippen LogP contribution in [0.3, 0.4) is 0 Å². The molecule has 0 fully saturated rings. The van der Waals surface area contributed by atoms with E-state index in [2.05, 4.69) is 18.8 Å². The lowest BCUT2D eigenvalue weighted by molar-refractivity contribution is 0.483. The first-order chi connectivity index (χ1) is 8.54. The number of aromatic amines is 1. The summed E-state index contributed by atoms with van der Waals surface area (Å²) in [5, 5.41) is 10.5. The van der Waals surface area contributed by atoms with Gasteiger partial charge in [-0.15, -0.1) is 0 Å². The second-order valence-electron chi connectivity index (χ2n) is 4.71. The molecular weight excluding hydrogens is 228 g/mol. The van der Waals surface area contributed by atoms with E-state index in [0.717, 1.165) is 18.4 Å². The lowest BCUT2D eigenvalue weighted by Crippen LogP contribution is -2.11. The van der Waals surface area contributed by atoms with Crippen molar-refractivity contribution in [2.75, 3.05) is 5.73 Å². The predicted molar refractivity (Wildman–Crippen MR) is 74.0 cm³/mol. The van der Waals surface area contributed by atoms with Crippen molar-refractivity contribution in [2.45, 2.75) is 32.6 Å². The van der Waals surface area contributed by atoms with Crippen molar-refractivity contribution < 1.29 is 5.11 Å². The summed E-state index contributed by atoms with van der Waals surface area (Å²) in [5.74, 6) is 0.297. The summed E-state index contributed by atoms with van der Waals surface area (Å²) >= 11 is 0. The molecule has 1 heterocycles. The molecule has 1 atom stereocenters. The van der Waals surface area contributed by atoms with Gasteiger partial charge in [-0.3, -0.25) is 4.79 Å². The maximum Gasteiger partial charge on any atom is 0.275 e. The number of hydrogen-bond donors (Lipinski definition) is 3. The second kappa shape index (κ2) is 4.72. The molecule has 0 aliphatic carbocycles. The number of aromatic nitrogens is 1. The molecule has 0 bridgehead atoms. The van der Waals surface area contributed by atoms with E-state index in [9.17, 15) is 9.90 Å². The van der Waals surface area contributed by atoms with Crippen LogP contribution in [-0.4, -0.2) is 10.1 Å². The standard InChI is InChI=1S/C14H18N2O2/c1-3-4-8(2)9-5-6-11-10(7-9)13(17)12(15)14(18)16-11/h5-8H,3-4,15H2,1-2H3,(H2,16,17,18). The van der Waals surface area contributed by atoms with Gasteiger partial charge in [-0.25, -0.2) is 0 Å². The molecule has 2 aromatic rings. The summed E-state index contributed by atoms with van der Waals surface area (Å²) in [6, 6.07) is 5.70. The van der Waals surface area contributed by atoms with E-state index in [4.69, 9.17) is 5.73 Å². The highest BCUT2D eigenvalue weighted by molar-refractivity contribution is 5.89. The summed E-state index contributed by atoms with van der Waals surface area (Å²) in [5.41, 5.74) is 6.72. The topological polar surface area (TPSA) is 79.1 Å². The average molecular weight is 246 g/mol. The van der Waals surface area contributed by atoms with E-state index >= 15 is 0 Å². The summed E-state index contributed by atoms with van der Waals surface area (Å²) in [6.45, 7) is 4.29. The second-order valence-corrected chi connectivity index (χ2v) is 4.71. The van der Waals surface area contributed by atoms with Crippen LogP contribution in [0.5, 0.6) is 5.75 Å². The highest BCUT2D eigenvalue weighted by Gasteiger charge is 2.11. The number of nitrogen functional groups attached to an aromatic ring is 1. The van der Waals surface area contributed by atoms with Gasteiger partial charge in [0.2, 0.25) is 0 Å². The van der Waals surface area contributed by atoms with Crippen molar-refractivity contribution in [1.82, 2.24) is 4.98 Å². The van der Waals surface area contributed by atoms with Crippen molar-refractivity contribution in [1.29, 1.82) is 0 Å². The molecule has 2 rings (SSSR count). The summed E-state index contributed by atoms with van der Waals surface area (Å²) in [7, 11) is 0. The number of benzene rings is 1. The predicted octanol–water partition coefficient (Wildman–Crippen LogP) is 2.72. The number of hydrogen-bond acceptors (Lipinski definition) is 3. The molecular formula is C14H18N2O2. The zero-order chi connectivity index (χ0) is 13.3. The van der Waals surface area contributed by atoms with Crippen LogP contribution in [0, 0.1) is 0 Å². The minimum absolute atomic E-state index is 0.122. The summed E-state index contributed by atoms with van der Waals surface area (Å²) < 4.78 is 0. The SMILES string of the molecule is CCCC(C)c1ccc2[nH]c(=O)c(N)c(O)c2c1. The number of fused-ring (bicyclic) bond motifs is 1. The Bertz CT molecular complexity index is 631. The monoisotopic (exact) mass is 246 g/mol. The van der Waals surface area contributed by atoms with E-state index in [-0.39, 0.29) is 11.4 Å². The van der Waals surface area contributed by atoms with Crippen LogP contribution < -0.4 is 11.3 Å². The Morgan fingerprint density at radius 1 is 1.44 bits per heavy atom. The first-order valence-electron chi connectivity index (χ1n) is 6.19. The molecule has 1 aromatic heterocycles. The van der Waals surface area contributed by atoms with E-state index in [1.165, 1.54) is 0 Å². The molecule has 4 heteroatoms. The van der Waals surface area contributed by atoms with E-state index < -0.39 is 5.56 Å². The largest absolute Gasteiger partial charge is 0.505 e. The number of aromatic hydroxyl groups is 1. The smallest absolute Gasteiger partial charge is 0.275 e. The van der Waals surface area contributed by atoms with Crippen molar-refractivity contribution in [3.05, 3.63) is 34.1 Å². The van der Waals surface area contributed by atoms with Crippen molar-refractivity contribution in [3.63, 3.8) is 0 Å². The molecule has 0 spiro atoms. The van der Waals surface area contributed by atoms with Gasteiger partial charge in [-0.2, -0.15) is 0 Å². The number of nitrogens with two attached hydrogens (primary N) is 1. The Balaban J connectivity index is 2.61. The van der Waals surface area contributed by atoms with Gasteiger partial charge in [0.05, 0.1) is 5.52 Å². The molecule has 18 heavy (non-hydrogen) atoms. The third-order valence-corrected chi connectivity index (χ3v) is 3.34. The minimum Gasteiger partial charge on any atom is -0.505 e. The summed E-state index contributed by atoms with van der Waals surface area (Å²) in [6.07, 6.45) is 2.20. The average Bonchev–Trinajstić information content (AvgIpc) is 2.36. The molecule has 1 unspecified atom stereocenters. The third-order valence-electron chi connectivity index (χ3n) is 3.34. The normalized spacial score (nSPS) is 12.8. The zero-order valence-electron chi connectivity index (χ0n) is 10.7. The Morgan fingerprint density at radius 3 is 2.83 bits per heavy atom. The molecule has 0 radical (unpaired) electrons. The molecule has 0 amide bonds. The number of pyridine rings is 1. The van der Waals surface area contributed by atoms with Gasteiger partial charge in [-0.05, 0) is 30.0 Å². The van der Waals surface area contributed by atoms with Crippen molar-refractivity contribution >= 4 is 16.6 Å². The Morgan fingerprint density at radius 2 is 2.17 bits per heavy atom. The molecule has 4 N–H and O–H groups in total. The first-order valence-corrected chi connectivity index (χ1v) is 6.19. The van der Waals surface area contributed by atoms with Crippen LogP contribution in [0.2, 0.25) is 0 Å². The zero-order valence-corrected chi connectivity index (χ0v) is 10.7. The Kier molecular flexibility index (Phi) is 3.28. The van der Waals surface area contributed by atoms with Crippen molar-refractivity contribution in [2.24, 2.45) is 0 Å². The van der Waals surface area contributed by atoms with Crippen LogP contribution in [0.25, 0.3) is 10.9 Å². The quantitative estimate of drug-likeness (QED) is 0.779. The van der Waals surface area contributed by atoms with E-state index in [1.807, 2.05) is 18.2 Å².